The van der Waals surface area contributed by atoms with E-state index in [2.05, 4.69) is 4.98 Å². The Hall–Kier alpha value is -1.99. The predicted molar refractivity (Wildman–Crippen MR) is 89.7 cm³/mol. The Labute approximate surface area is 140 Å². The van der Waals surface area contributed by atoms with Crippen LogP contribution in [0.5, 0.6) is 0 Å². The lowest BCUT2D eigenvalue weighted by molar-refractivity contribution is -0.149. The van der Waals surface area contributed by atoms with Crippen molar-refractivity contribution in [3.05, 3.63) is 46.4 Å². The van der Waals surface area contributed by atoms with E-state index in [1.807, 2.05) is 22.4 Å². The molecule has 4 nitrogen and oxygen atoms in total. The molecule has 0 unspecified atom stereocenters. The van der Waals surface area contributed by atoms with Crippen LogP contribution in [0.15, 0.2) is 35.7 Å². The van der Waals surface area contributed by atoms with Crippen molar-refractivity contribution in [2.45, 2.75) is 12.5 Å². The van der Waals surface area contributed by atoms with E-state index in [0.29, 0.717) is 19.5 Å². The van der Waals surface area contributed by atoms with Gasteiger partial charge in [0.2, 0.25) is 0 Å². The van der Waals surface area contributed by atoms with Crippen molar-refractivity contribution >= 4 is 44.0 Å². The van der Waals surface area contributed by atoms with Gasteiger partial charge in [0.1, 0.15) is 11.9 Å². The Balaban J connectivity index is 1.34. The number of carbonyl (C=O) groups is 1. The number of hydrogen-bond donors (Lipinski definition) is 0. The smallest absolute Gasteiger partial charge is 0.311 e. The van der Waals surface area contributed by atoms with E-state index in [4.69, 9.17) is 4.74 Å². The molecule has 3 aromatic rings. The molecule has 0 N–H and O–H groups in total. The van der Waals surface area contributed by atoms with Crippen molar-refractivity contribution in [2.75, 3.05) is 18.0 Å². The summed E-state index contributed by atoms with van der Waals surface area (Å²) in [6.07, 6.45) is 0.236. The van der Waals surface area contributed by atoms with E-state index < -0.39 is 0 Å². The molecule has 0 saturated carbocycles. The molecule has 3 heterocycles. The van der Waals surface area contributed by atoms with Crippen molar-refractivity contribution in [3.8, 4) is 0 Å². The van der Waals surface area contributed by atoms with Crippen LogP contribution in [0, 0.1) is 5.82 Å². The van der Waals surface area contributed by atoms with Gasteiger partial charge in [-0.15, -0.1) is 11.3 Å². The molecule has 0 spiro atoms. The van der Waals surface area contributed by atoms with Crippen molar-refractivity contribution in [1.82, 2.24) is 4.98 Å². The fraction of sp³-hybridized carbons (Fsp3) is 0.250. The number of rotatable bonds is 4. The third kappa shape index (κ3) is 3.07. The average Bonchev–Trinajstić information content (AvgIpc) is 3.10. The first kappa shape index (κ1) is 14.6. The molecule has 7 heteroatoms. The summed E-state index contributed by atoms with van der Waals surface area (Å²) in [4.78, 5) is 19.4. The number of esters is 1. The zero-order chi connectivity index (χ0) is 15.8. The number of halogens is 1. The van der Waals surface area contributed by atoms with Crippen LogP contribution < -0.4 is 4.90 Å². The van der Waals surface area contributed by atoms with Gasteiger partial charge in [0.05, 0.1) is 29.7 Å². The number of nitrogens with zero attached hydrogens (tertiary/aromatic N) is 2. The molecule has 2 aromatic heterocycles. The number of ether oxygens (including phenoxy) is 1. The molecule has 1 aliphatic heterocycles. The number of fused-ring (bicyclic) bond motifs is 1. The lowest BCUT2D eigenvalue weighted by Crippen LogP contribution is -2.53. The van der Waals surface area contributed by atoms with Gasteiger partial charge in [-0.25, -0.2) is 9.37 Å². The summed E-state index contributed by atoms with van der Waals surface area (Å²) >= 11 is 3.01. The number of aromatic nitrogens is 1. The summed E-state index contributed by atoms with van der Waals surface area (Å²) < 4.78 is 19.5. The minimum atomic E-state index is -0.253. The number of hydrogen-bond acceptors (Lipinski definition) is 6. The minimum Gasteiger partial charge on any atom is -0.458 e. The summed E-state index contributed by atoms with van der Waals surface area (Å²) in [5, 5.41) is 2.79. The van der Waals surface area contributed by atoms with Crippen LogP contribution in [0.25, 0.3) is 10.2 Å². The molecule has 1 saturated heterocycles. The van der Waals surface area contributed by atoms with Gasteiger partial charge in [0.25, 0.3) is 0 Å². The fourth-order valence-electron chi connectivity index (χ4n) is 2.47. The van der Waals surface area contributed by atoms with Crippen LogP contribution >= 0.6 is 22.7 Å². The Morgan fingerprint density at radius 2 is 2.26 bits per heavy atom. The van der Waals surface area contributed by atoms with E-state index in [0.717, 1.165) is 20.2 Å². The molecule has 0 atom stereocenters. The van der Waals surface area contributed by atoms with E-state index in [1.165, 1.54) is 23.5 Å². The summed E-state index contributed by atoms with van der Waals surface area (Å²) in [7, 11) is 0. The molecule has 23 heavy (non-hydrogen) atoms. The number of anilines is 1. The Morgan fingerprint density at radius 3 is 3.04 bits per heavy atom. The van der Waals surface area contributed by atoms with E-state index in [-0.39, 0.29) is 17.9 Å². The van der Waals surface area contributed by atoms with Crippen LogP contribution in [-0.2, 0) is 16.0 Å². The summed E-state index contributed by atoms with van der Waals surface area (Å²) in [5.41, 5.74) is 0.796. The first-order valence-corrected chi connectivity index (χ1v) is 8.90. The molecule has 118 valence electrons. The van der Waals surface area contributed by atoms with Gasteiger partial charge in [-0.2, -0.15) is 0 Å². The molecule has 0 aliphatic carbocycles. The first-order chi connectivity index (χ1) is 11.2. The van der Waals surface area contributed by atoms with Crippen molar-refractivity contribution in [3.63, 3.8) is 0 Å². The van der Waals surface area contributed by atoms with E-state index >= 15 is 0 Å². The number of thiophene rings is 1. The molecule has 0 bridgehead atoms. The highest BCUT2D eigenvalue weighted by molar-refractivity contribution is 7.22. The standard InChI is InChI=1S/C16H13FN2O2S2/c17-10-3-4-13-14(6-10)23-16(18-13)19-8-11(9-19)21-15(20)7-12-2-1-5-22-12/h1-6,11H,7-9H2. The Kier molecular flexibility index (Phi) is 3.74. The van der Waals surface area contributed by atoms with Crippen LogP contribution in [-0.4, -0.2) is 30.1 Å². The van der Waals surface area contributed by atoms with Gasteiger partial charge < -0.3 is 9.64 Å². The van der Waals surface area contributed by atoms with Crippen LogP contribution in [0.1, 0.15) is 4.88 Å². The topological polar surface area (TPSA) is 42.4 Å². The Bertz CT molecular complexity index is 841. The van der Waals surface area contributed by atoms with Crippen LogP contribution in [0.2, 0.25) is 0 Å². The monoisotopic (exact) mass is 348 g/mol. The number of benzene rings is 1. The molecule has 1 aliphatic rings. The van der Waals surface area contributed by atoms with E-state index in [9.17, 15) is 9.18 Å². The molecular formula is C16H13FN2O2S2. The SMILES string of the molecule is O=C(Cc1cccs1)OC1CN(c2nc3ccc(F)cc3s2)C1. The van der Waals surface area contributed by atoms with Crippen LogP contribution in [0.3, 0.4) is 0 Å². The lowest BCUT2D eigenvalue weighted by atomic mass is 10.2. The third-order valence-corrected chi connectivity index (χ3v) is 5.61. The predicted octanol–water partition coefficient (Wildman–Crippen LogP) is 3.47. The maximum Gasteiger partial charge on any atom is 0.311 e. The Morgan fingerprint density at radius 1 is 1.39 bits per heavy atom. The molecule has 0 radical (unpaired) electrons. The van der Waals surface area contributed by atoms with Gasteiger partial charge in [0, 0.05) is 4.88 Å². The van der Waals surface area contributed by atoms with Crippen molar-refractivity contribution < 1.29 is 13.9 Å². The summed E-state index contributed by atoms with van der Waals surface area (Å²) in [6.45, 7) is 1.27. The minimum absolute atomic E-state index is 0.0915. The van der Waals surface area contributed by atoms with Crippen molar-refractivity contribution in [1.29, 1.82) is 0 Å². The van der Waals surface area contributed by atoms with Gasteiger partial charge in [-0.1, -0.05) is 17.4 Å². The fourth-order valence-corrected chi connectivity index (χ4v) is 4.17. The zero-order valence-electron chi connectivity index (χ0n) is 12.1. The van der Waals surface area contributed by atoms with Crippen LogP contribution in [0.4, 0.5) is 9.52 Å². The van der Waals surface area contributed by atoms with Gasteiger partial charge >= 0.3 is 5.97 Å². The quantitative estimate of drug-likeness (QED) is 0.677. The highest BCUT2D eigenvalue weighted by Crippen LogP contribution is 2.32. The molecule has 1 fully saturated rings. The third-order valence-electron chi connectivity index (χ3n) is 3.65. The highest BCUT2D eigenvalue weighted by Gasteiger charge is 2.32. The van der Waals surface area contributed by atoms with Gasteiger partial charge in [-0.05, 0) is 29.6 Å². The zero-order valence-corrected chi connectivity index (χ0v) is 13.7. The highest BCUT2D eigenvalue weighted by atomic mass is 32.1. The average molecular weight is 348 g/mol. The van der Waals surface area contributed by atoms with E-state index in [1.54, 1.807) is 17.4 Å². The molecule has 1 aromatic carbocycles. The maximum absolute atomic E-state index is 13.2. The summed E-state index contributed by atoms with van der Waals surface area (Å²) in [5.74, 6) is -0.444. The maximum atomic E-state index is 13.2. The summed E-state index contributed by atoms with van der Waals surface area (Å²) in [6, 6.07) is 8.45. The second kappa shape index (κ2) is 5.90. The second-order valence-electron chi connectivity index (χ2n) is 5.38. The largest absolute Gasteiger partial charge is 0.458 e. The second-order valence-corrected chi connectivity index (χ2v) is 7.42. The van der Waals surface area contributed by atoms with Gasteiger partial charge in [-0.3, -0.25) is 4.79 Å². The molecule has 0 amide bonds. The lowest BCUT2D eigenvalue weighted by Gasteiger charge is -2.38. The molecule has 4 rings (SSSR count). The van der Waals surface area contributed by atoms with Crippen molar-refractivity contribution in [2.24, 2.45) is 0 Å². The van der Waals surface area contributed by atoms with Gasteiger partial charge in [0.15, 0.2) is 5.13 Å². The number of thiazole rings is 1. The normalized spacial score (nSPS) is 14.9. The first-order valence-electron chi connectivity index (χ1n) is 7.20. The number of carbonyl (C=O) groups excluding carboxylic acids is 1. The molecular weight excluding hydrogens is 335 g/mol.